The highest BCUT2D eigenvalue weighted by molar-refractivity contribution is 9.10. The molecule has 94 valence electrons. The number of carbonyl (C=O) groups is 1. The molecule has 0 saturated heterocycles. The van der Waals surface area contributed by atoms with Crippen molar-refractivity contribution < 1.29 is 4.79 Å². The normalized spacial score (nSPS) is 10.9. The van der Waals surface area contributed by atoms with Crippen LogP contribution in [0.4, 0.5) is 0 Å². The summed E-state index contributed by atoms with van der Waals surface area (Å²) in [6.45, 7) is 4.95. The molecule has 0 spiro atoms. The van der Waals surface area contributed by atoms with Gasteiger partial charge in [0, 0.05) is 16.6 Å². The molecule has 5 heteroatoms. The molecule has 18 heavy (non-hydrogen) atoms. The van der Waals surface area contributed by atoms with Gasteiger partial charge in [0.05, 0.1) is 5.69 Å². The molecule has 0 N–H and O–H groups in total. The maximum atomic E-state index is 11.1. The lowest BCUT2D eigenvalue weighted by Gasteiger charge is -2.09. The molecule has 0 unspecified atom stereocenters. The third kappa shape index (κ3) is 2.67. The Morgan fingerprint density at radius 1 is 1.44 bits per heavy atom. The van der Waals surface area contributed by atoms with Crippen molar-refractivity contribution in [1.82, 2.24) is 15.0 Å². The molecule has 1 heterocycles. The second-order valence-corrected chi connectivity index (χ2v) is 5.44. The molecule has 0 aliphatic heterocycles. The lowest BCUT2D eigenvalue weighted by Crippen LogP contribution is -2.08. The summed E-state index contributed by atoms with van der Waals surface area (Å²) < 4.78 is 2.75. The Morgan fingerprint density at radius 2 is 2.22 bits per heavy atom. The van der Waals surface area contributed by atoms with Gasteiger partial charge in [-0.25, -0.2) is 4.68 Å². The SMILES string of the molecule is CC(C)Cn1nnc(C=O)c1-c1cccc(Br)c1. The van der Waals surface area contributed by atoms with E-state index in [9.17, 15) is 4.79 Å². The number of aromatic nitrogens is 3. The van der Waals surface area contributed by atoms with Crippen LogP contribution in [0.25, 0.3) is 11.3 Å². The standard InChI is InChI=1S/C13H14BrN3O/c1-9(2)7-17-13(12(8-18)15-16-17)10-4-3-5-11(14)6-10/h3-6,8-9H,7H2,1-2H3. The molecular weight excluding hydrogens is 294 g/mol. The van der Waals surface area contributed by atoms with Gasteiger partial charge in [0.2, 0.25) is 0 Å². The number of nitrogens with zero attached hydrogens (tertiary/aromatic N) is 3. The fourth-order valence-corrected chi connectivity index (χ4v) is 2.21. The van der Waals surface area contributed by atoms with E-state index < -0.39 is 0 Å². The maximum absolute atomic E-state index is 11.1. The molecule has 2 rings (SSSR count). The maximum Gasteiger partial charge on any atom is 0.172 e. The van der Waals surface area contributed by atoms with E-state index in [0.29, 0.717) is 11.6 Å². The summed E-state index contributed by atoms with van der Waals surface area (Å²) in [7, 11) is 0. The highest BCUT2D eigenvalue weighted by Crippen LogP contribution is 2.25. The lowest BCUT2D eigenvalue weighted by molar-refractivity contribution is 0.111. The van der Waals surface area contributed by atoms with Gasteiger partial charge in [-0.15, -0.1) is 5.10 Å². The van der Waals surface area contributed by atoms with Crippen molar-refractivity contribution in [2.75, 3.05) is 0 Å². The number of halogens is 1. The van der Waals surface area contributed by atoms with Gasteiger partial charge in [0.15, 0.2) is 12.0 Å². The summed E-state index contributed by atoms with van der Waals surface area (Å²) in [6.07, 6.45) is 0.750. The molecule has 0 fully saturated rings. The van der Waals surface area contributed by atoms with Crippen LogP contribution in [0.3, 0.4) is 0 Å². The van der Waals surface area contributed by atoms with Crippen molar-refractivity contribution in [2.45, 2.75) is 20.4 Å². The monoisotopic (exact) mass is 307 g/mol. The first-order chi connectivity index (χ1) is 8.61. The smallest absolute Gasteiger partial charge is 0.172 e. The first-order valence-corrected chi connectivity index (χ1v) is 6.55. The van der Waals surface area contributed by atoms with E-state index in [1.807, 2.05) is 24.3 Å². The van der Waals surface area contributed by atoms with Crippen molar-refractivity contribution >= 4 is 22.2 Å². The fourth-order valence-electron chi connectivity index (χ4n) is 1.81. The van der Waals surface area contributed by atoms with Crippen LogP contribution in [-0.4, -0.2) is 21.3 Å². The van der Waals surface area contributed by atoms with Gasteiger partial charge in [0.1, 0.15) is 0 Å². The predicted octanol–water partition coefficient (Wildman–Crippen LogP) is 3.18. The molecule has 4 nitrogen and oxygen atoms in total. The van der Waals surface area contributed by atoms with E-state index in [4.69, 9.17) is 0 Å². The Hall–Kier alpha value is -1.49. The number of aldehydes is 1. The number of benzene rings is 1. The third-order valence-corrected chi connectivity index (χ3v) is 3.00. The number of carbonyl (C=O) groups excluding carboxylic acids is 1. The summed E-state index contributed by atoms with van der Waals surface area (Å²) in [5.74, 6) is 0.442. The topological polar surface area (TPSA) is 47.8 Å². The van der Waals surface area contributed by atoms with Gasteiger partial charge in [-0.2, -0.15) is 0 Å². The average molecular weight is 308 g/mol. The van der Waals surface area contributed by atoms with Crippen LogP contribution in [0.1, 0.15) is 24.3 Å². The molecular formula is C13H14BrN3O. The number of hydrogen-bond donors (Lipinski definition) is 0. The van der Waals surface area contributed by atoms with E-state index in [1.165, 1.54) is 0 Å². The highest BCUT2D eigenvalue weighted by Gasteiger charge is 2.15. The number of hydrogen-bond acceptors (Lipinski definition) is 3. The Morgan fingerprint density at radius 3 is 2.83 bits per heavy atom. The van der Waals surface area contributed by atoms with Crippen LogP contribution in [0.15, 0.2) is 28.7 Å². The second-order valence-electron chi connectivity index (χ2n) is 4.53. The molecule has 0 aliphatic rings. The largest absolute Gasteiger partial charge is 0.296 e. The summed E-state index contributed by atoms with van der Waals surface area (Å²) in [6, 6.07) is 7.79. The highest BCUT2D eigenvalue weighted by atomic mass is 79.9. The minimum atomic E-state index is 0.383. The van der Waals surface area contributed by atoms with Crippen LogP contribution >= 0.6 is 15.9 Å². The molecule has 2 aromatic rings. The van der Waals surface area contributed by atoms with E-state index in [2.05, 4.69) is 40.1 Å². The second kappa shape index (κ2) is 5.44. The molecule has 0 amide bonds. The quantitative estimate of drug-likeness (QED) is 0.815. The summed E-state index contributed by atoms with van der Waals surface area (Å²) >= 11 is 3.43. The summed E-state index contributed by atoms with van der Waals surface area (Å²) in [4.78, 5) is 11.1. The Kier molecular flexibility index (Phi) is 3.91. The number of rotatable bonds is 4. The minimum absolute atomic E-state index is 0.383. The zero-order valence-electron chi connectivity index (χ0n) is 10.3. The van der Waals surface area contributed by atoms with Gasteiger partial charge in [-0.3, -0.25) is 4.79 Å². The molecule has 1 aromatic carbocycles. The Balaban J connectivity index is 2.53. The first-order valence-electron chi connectivity index (χ1n) is 5.76. The minimum Gasteiger partial charge on any atom is -0.296 e. The van der Waals surface area contributed by atoms with Crippen LogP contribution in [0, 0.1) is 5.92 Å². The lowest BCUT2D eigenvalue weighted by atomic mass is 10.1. The molecule has 0 aliphatic carbocycles. The van der Waals surface area contributed by atoms with Crippen molar-refractivity contribution in [3.8, 4) is 11.3 Å². The van der Waals surface area contributed by atoms with Gasteiger partial charge >= 0.3 is 0 Å². The Labute approximate surface area is 114 Å². The van der Waals surface area contributed by atoms with Crippen molar-refractivity contribution in [1.29, 1.82) is 0 Å². The molecule has 1 aromatic heterocycles. The summed E-state index contributed by atoms with van der Waals surface area (Å²) in [5.41, 5.74) is 2.10. The first kappa shape index (κ1) is 13.0. The van der Waals surface area contributed by atoms with Crippen molar-refractivity contribution in [2.24, 2.45) is 5.92 Å². The zero-order valence-corrected chi connectivity index (χ0v) is 11.9. The van der Waals surface area contributed by atoms with E-state index >= 15 is 0 Å². The van der Waals surface area contributed by atoms with Gasteiger partial charge in [0.25, 0.3) is 0 Å². The van der Waals surface area contributed by atoms with Crippen LogP contribution in [0.5, 0.6) is 0 Å². The fraction of sp³-hybridized carbons (Fsp3) is 0.308. The van der Waals surface area contributed by atoms with Crippen molar-refractivity contribution in [3.05, 3.63) is 34.4 Å². The molecule has 0 bridgehead atoms. The molecule has 0 atom stereocenters. The van der Waals surface area contributed by atoms with Crippen LogP contribution in [0.2, 0.25) is 0 Å². The van der Waals surface area contributed by atoms with Gasteiger partial charge in [-0.1, -0.05) is 47.1 Å². The molecule has 0 saturated carbocycles. The van der Waals surface area contributed by atoms with Gasteiger partial charge < -0.3 is 0 Å². The zero-order chi connectivity index (χ0) is 13.1. The molecule has 0 radical (unpaired) electrons. The van der Waals surface area contributed by atoms with Crippen LogP contribution < -0.4 is 0 Å². The van der Waals surface area contributed by atoms with Crippen molar-refractivity contribution in [3.63, 3.8) is 0 Å². The average Bonchev–Trinajstić information content (AvgIpc) is 2.71. The van der Waals surface area contributed by atoms with E-state index in [-0.39, 0.29) is 0 Å². The van der Waals surface area contributed by atoms with E-state index in [0.717, 1.165) is 28.6 Å². The Bertz CT molecular complexity index is 563. The third-order valence-electron chi connectivity index (χ3n) is 2.51. The summed E-state index contributed by atoms with van der Waals surface area (Å²) in [5, 5.41) is 7.98. The predicted molar refractivity (Wildman–Crippen MR) is 73.4 cm³/mol. The van der Waals surface area contributed by atoms with Gasteiger partial charge in [-0.05, 0) is 18.1 Å². The van der Waals surface area contributed by atoms with E-state index in [1.54, 1.807) is 4.68 Å². The van der Waals surface area contributed by atoms with Crippen LogP contribution in [-0.2, 0) is 6.54 Å².